The molecule has 0 spiro atoms. The Kier molecular flexibility index (Phi) is 6.76. The van der Waals surface area contributed by atoms with Crippen LogP contribution in [0.5, 0.6) is 0 Å². The molecule has 114 valence electrons. The third kappa shape index (κ3) is 5.69. The highest BCUT2D eigenvalue weighted by Gasteiger charge is 2.31. The normalized spacial score (nSPS) is 21.1. The summed E-state index contributed by atoms with van der Waals surface area (Å²) in [5.74, 6) is 0. The van der Waals surface area contributed by atoms with Gasteiger partial charge in [0.15, 0.2) is 0 Å². The van der Waals surface area contributed by atoms with Crippen molar-refractivity contribution in [1.29, 1.82) is 0 Å². The number of halogens is 1. The van der Waals surface area contributed by atoms with Crippen molar-refractivity contribution >= 4 is 26.1 Å². The maximum Gasteiger partial charge on any atom is 0.279 e. The lowest BCUT2D eigenvalue weighted by molar-refractivity contribution is 0.285. The fraction of sp³-hybridized carbons (Fsp3) is 1.00. The van der Waals surface area contributed by atoms with Crippen molar-refractivity contribution in [3.05, 3.63) is 0 Å². The standard InChI is InChI=1S/C13H27BrN2O2S/c1-13(2,3)12(8-9-14)15-19(17,18)16-10-6-4-5-7-11-16/h12,15H,4-11H2,1-3H3. The molecule has 0 saturated carbocycles. The van der Waals surface area contributed by atoms with Gasteiger partial charge in [-0.2, -0.15) is 17.4 Å². The maximum absolute atomic E-state index is 12.5. The molecular formula is C13H27BrN2O2S. The van der Waals surface area contributed by atoms with E-state index in [-0.39, 0.29) is 11.5 Å². The van der Waals surface area contributed by atoms with Crippen molar-refractivity contribution in [2.75, 3.05) is 18.4 Å². The van der Waals surface area contributed by atoms with Gasteiger partial charge in [-0.3, -0.25) is 0 Å². The predicted octanol–water partition coefficient (Wildman–Crippen LogP) is 2.90. The molecule has 1 aliphatic rings. The monoisotopic (exact) mass is 354 g/mol. The van der Waals surface area contributed by atoms with Crippen LogP contribution in [0.1, 0.15) is 52.9 Å². The molecule has 0 amide bonds. The Morgan fingerprint density at radius 1 is 1.16 bits per heavy atom. The molecule has 1 heterocycles. The van der Waals surface area contributed by atoms with Gasteiger partial charge in [0.1, 0.15) is 0 Å². The highest BCUT2D eigenvalue weighted by Crippen LogP contribution is 2.24. The minimum absolute atomic E-state index is 0.0415. The third-order valence-electron chi connectivity index (χ3n) is 3.64. The Balaban J connectivity index is 2.75. The highest BCUT2D eigenvalue weighted by molar-refractivity contribution is 9.09. The lowest BCUT2D eigenvalue weighted by Gasteiger charge is -2.33. The topological polar surface area (TPSA) is 49.4 Å². The van der Waals surface area contributed by atoms with Gasteiger partial charge in [0.05, 0.1) is 0 Å². The van der Waals surface area contributed by atoms with Crippen LogP contribution in [0.25, 0.3) is 0 Å². The van der Waals surface area contributed by atoms with Crippen molar-refractivity contribution in [2.45, 2.75) is 58.9 Å². The molecule has 6 heteroatoms. The average Bonchev–Trinajstić information content (AvgIpc) is 2.55. The zero-order valence-electron chi connectivity index (χ0n) is 12.3. The van der Waals surface area contributed by atoms with Crippen molar-refractivity contribution in [3.63, 3.8) is 0 Å². The first kappa shape index (κ1) is 17.4. The van der Waals surface area contributed by atoms with E-state index in [1.165, 1.54) is 0 Å². The van der Waals surface area contributed by atoms with E-state index >= 15 is 0 Å². The van der Waals surface area contributed by atoms with Crippen LogP contribution >= 0.6 is 15.9 Å². The van der Waals surface area contributed by atoms with Crippen LogP contribution in [-0.2, 0) is 10.2 Å². The lowest BCUT2D eigenvalue weighted by Crippen LogP contribution is -2.50. The van der Waals surface area contributed by atoms with Crippen LogP contribution < -0.4 is 4.72 Å². The largest absolute Gasteiger partial charge is 0.279 e. The van der Waals surface area contributed by atoms with Crippen molar-refractivity contribution in [2.24, 2.45) is 5.41 Å². The molecule has 4 nitrogen and oxygen atoms in total. The predicted molar refractivity (Wildman–Crippen MR) is 83.8 cm³/mol. The zero-order chi connectivity index (χ0) is 14.5. The van der Waals surface area contributed by atoms with Crippen molar-refractivity contribution in [3.8, 4) is 0 Å². The van der Waals surface area contributed by atoms with E-state index in [2.05, 4.69) is 41.4 Å². The Labute approximate surface area is 126 Å². The number of hydrogen-bond donors (Lipinski definition) is 1. The van der Waals surface area contributed by atoms with Gasteiger partial charge < -0.3 is 0 Å². The number of rotatable bonds is 5. The number of hydrogen-bond acceptors (Lipinski definition) is 2. The van der Waals surface area contributed by atoms with E-state index in [9.17, 15) is 8.42 Å². The van der Waals surface area contributed by atoms with Gasteiger partial charge in [-0.15, -0.1) is 0 Å². The SMILES string of the molecule is CC(C)(C)C(CCBr)NS(=O)(=O)N1CCCCCC1. The molecule has 1 rings (SSSR count). The van der Waals surface area contributed by atoms with E-state index in [4.69, 9.17) is 0 Å². The first-order valence-corrected chi connectivity index (χ1v) is 9.67. The second-order valence-corrected chi connectivity index (χ2v) is 8.83. The number of nitrogens with one attached hydrogen (secondary N) is 1. The van der Waals surface area contributed by atoms with Gasteiger partial charge in [-0.1, -0.05) is 49.5 Å². The summed E-state index contributed by atoms with van der Waals surface area (Å²) in [4.78, 5) is 0. The van der Waals surface area contributed by atoms with Gasteiger partial charge in [0.2, 0.25) is 0 Å². The van der Waals surface area contributed by atoms with Crippen LogP contribution in [0, 0.1) is 5.41 Å². The molecule has 1 saturated heterocycles. The molecule has 19 heavy (non-hydrogen) atoms. The third-order valence-corrected chi connectivity index (χ3v) is 5.72. The second kappa shape index (κ2) is 7.38. The van der Waals surface area contributed by atoms with E-state index in [1.807, 2.05) is 0 Å². The van der Waals surface area contributed by atoms with Crippen molar-refractivity contribution < 1.29 is 8.42 Å². The molecular weight excluding hydrogens is 328 g/mol. The fourth-order valence-corrected chi connectivity index (χ4v) is 4.49. The molecule has 0 aliphatic carbocycles. The van der Waals surface area contributed by atoms with E-state index < -0.39 is 10.2 Å². The molecule has 0 aromatic heterocycles. The minimum Gasteiger partial charge on any atom is -0.198 e. The Bertz CT molecular complexity index is 357. The number of nitrogens with zero attached hydrogens (tertiary/aromatic N) is 1. The van der Waals surface area contributed by atoms with E-state index in [1.54, 1.807) is 4.31 Å². The quantitative estimate of drug-likeness (QED) is 0.771. The number of alkyl halides is 1. The molecule has 1 atom stereocenters. The molecule has 0 radical (unpaired) electrons. The summed E-state index contributed by atoms with van der Waals surface area (Å²) >= 11 is 3.41. The molecule has 1 aliphatic heterocycles. The van der Waals surface area contributed by atoms with Crippen molar-refractivity contribution in [1.82, 2.24) is 9.03 Å². The average molecular weight is 355 g/mol. The van der Waals surface area contributed by atoms with Crippen LogP contribution in [0.2, 0.25) is 0 Å². The second-order valence-electron chi connectivity index (χ2n) is 6.33. The fourth-order valence-electron chi connectivity index (χ4n) is 2.31. The molecule has 1 unspecified atom stereocenters. The summed E-state index contributed by atoms with van der Waals surface area (Å²) in [5.41, 5.74) is -0.0767. The molecule has 0 aromatic rings. The zero-order valence-corrected chi connectivity index (χ0v) is 14.7. The summed E-state index contributed by atoms with van der Waals surface area (Å²) in [6.45, 7) is 7.53. The lowest BCUT2D eigenvalue weighted by atomic mass is 9.86. The van der Waals surface area contributed by atoms with E-state index in [0.29, 0.717) is 13.1 Å². The molecule has 1 N–H and O–H groups in total. The van der Waals surface area contributed by atoms with Gasteiger partial charge in [-0.05, 0) is 24.7 Å². The smallest absolute Gasteiger partial charge is 0.198 e. The van der Waals surface area contributed by atoms with Crippen LogP contribution in [0.4, 0.5) is 0 Å². The first-order valence-electron chi connectivity index (χ1n) is 7.11. The summed E-state index contributed by atoms with van der Waals surface area (Å²) in [5, 5.41) is 0.803. The minimum atomic E-state index is -3.35. The Hall–Kier alpha value is 0.350. The van der Waals surface area contributed by atoms with Gasteiger partial charge in [0, 0.05) is 24.5 Å². The van der Waals surface area contributed by atoms with Gasteiger partial charge in [0.25, 0.3) is 10.2 Å². The Morgan fingerprint density at radius 2 is 1.68 bits per heavy atom. The van der Waals surface area contributed by atoms with Gasteiger partial charge >= 0.3 is 0 Å². The van der Waals surface area contributed by atoms with E-state index in [0.717, 1.165) is 37.4 Å². The molecule has 0 aromatic carbocycles. The summed E-state index contributed by atoms with van der Waals surface area (Å²) in [7, 11) is -3.35. The first-order chi connectivity index (χ1) is 8.77. The van der Waals surface area contributed by atoms with Crippen LogP contribution in [0.3, 0.4) is 0 Å². The summed E-state index contributed by atoms with van der Waals surface area (Å²) in [6.07, 6.45) is 5.02. The molecule has 0 bridgehead atoms. The van der Waals surface area contributed by atoms with Gasteiger partial charge in [-0.25, -0.2) is 0 Å². The summed E-state index contributed by atoms with van der Waals surface area (Å²) < 4.78 is 29.5. The van der Waals surface area contributed by atoms with Crippen LogP contribution in [0.15, 0.2) is 0 Å². The molecule has 1 fully saturated rings. The Morgan fingerprint density at radius 3 is 2.11 bits per heavy atom. The highest BCUT2D eigenvalue weighted by atomic mass is 79.9. The van der Waals surface area contributed by atoms with Crippen LogP contribution in [-0.4, -0.2) is 37.2 Å². The maximum atomic E-state index is 12.5. The summed E-state index contributed by atoms with van der Waals surface area (Å²) in [6, 6.07) is -0.0415.